The SMILES string of the molecule is CCCCCCCCCCCCCCCCCC(=O)OC1C[C@@]2(C)C(CC[C@H]3[C@@H]4CCC[C@@]4(C)CC[C@@H]32)N(C)C1=O. The summed E-state index contributed by atoms with van der Waals surface area (Å²) in [6, 6.07) is 0.299. The Morgan fingerprint density at radius 3 is 1.98 bits per heavy atom. The van der Waals surface area contributed by atoms with Crippen LogP contribution in [0.2, 0.25) is 0 Å². The van der Waals surface area contributed by atoms with Crippen LogP contribution in [-0.4, -0.2) is 36.0 Å². The topological polar surface area (TPSA) is 46.6 Å². The van der Waals surface area contributed by atoms with E-state index in [0.29, 0.717) is 23.8 Å². The minimum absolute atomic E-state index is 0.0392. The van der Waals surface area contributed by atoms with Crippen LogP contribution in [0.25, 0.3) is 0 Å². The third-order valence-corrected chi connectivity index (χ3v) is 12.6. The fraction of sp³-hybridized carbons (Fsp3) is 0.946. The molecule has 0 radical (unpaired) electrons. The predicted molar refractivity (Wildman–Crippen MR) is 170 cm³/mol. The van der Waals surface area contributed by atoms with Gasteiger partial charge < -0.3 is 9.64 Å². The molecule has 0 bridgehead atoms. The van der Waals surface area contributed by atoms with E-state index in [1.54, 1.807) is 0 Å². The van der Waals surface area contributed by atoms with Crippen LogP contribution in [0.15, 0.2) is 0 Å². The van der Waals surface area contributed by atoms with Crippen LogP contribution in [0.1, 0.15) is 175 Å². The summed E-state index contributed by atoms with van der Waals surface area (Å²) < 4.78 is 5.96. The van der Waals surface area contributed by atoms with E-state index in [9.17, 15) is 9.59 Å². The second-order valence-corrected chi connectivity index (χ2v) is 15.4. The molecule has 0 aromatic carbocycles. The number of nitrogens with zero attached hydrogens (tertiary/aromatic N) is 1. The molecule has 7 atom stereocenters. The summed E-state index contributed by atoms with van der Waals surface area (Å²) in [5.74, 6) is 2.18. The lowest BCUT2D eigenvalue weighted by atomic mass is 9.47. The van der Waals surface area contributed by atoms with E-state index in [0.717, 1.165) is 37.5 Å². The normalized spacial score (nSPS) is 34.7. The van der Waals surface area contributed by atoms with Gasteiger partial charge in [0.25, 0.3) is 5.91 Å². The summed E-state index contributed by atoms with van der Waals surface area (Å²) in [4.78, 5) is 28.1. The Kier molecular flexibility index (Phi) is 12.5. The van der Waals surface area contributed by atoms with Crippen LogP contribution in [-0.2, 0) is 14.3 Å². The summed E-state index contributed by atoms with van der Waals surface area (Å²) in [7, 11) is 1.97. The number of unbranched alkanes of at least 4 members (excludes halogenated alkanes) is 14. The van der Waals surface area contributed by atoms with Crippen molar-refractivity contribution in [3.05, 3.63) is 0 Å². The van der Waals surface area contributed by atoms with Crippen LogP contribution in [0.5, 0.6) is 0 Å². The third-order valence-electron chi connectivity index (χ3n) is 12.6. The van der Waals surface area contributed by atoms with Crippen molar-refractivity contribution >= 4 is 11.9 Å². The third kappa shape index (κ3) is 8.11. The zero-order valence-electron chi connectivity index (χ0n) is 27.5. The van der Waals surface area contributed by atoms with E-state index in [4.69, 9.17) is 4.74 Å². The number of carbonyl (C=O) groups excluding carboxylic acids is 2. The Labute approximate surface area is 253 Å². The van der Waals surface area contributed by atoms with Crippen molar-refractivity contribution in [1.29, 1.82) is 0 Å². The Balaban J connectivity index is 1.11. The Morgan fingerprint density at radius 1 is 0.780 bits per heavy atom. The van der Waals surface area contributed by atoms with Crippen molar-refractivity contribution in [2.75, 3.05) is 7.05 Å². The van der Waals surface area contributed by atoms with Gasteiger partial charge in [0.15, 0.2) is 6.10 Å². The van der Waals surface area contributed by atoms with Crippen LogP contribution in [0, 0.1) is 28.6 Å². The molecule has 1 heterocycles. The first kappa shape index (κ1) is 32.8. The highest BCUT2D eigenvalue weighted by Gasteiger charge is 2.61. The molecule has 236 valence electrons. The standard InChI is InChI=1S/C37H65NO3/c1-5-6-7-8-9-10-11-12-13-14-15-16-17-18-19-22-34(39)41-32-28-37(3)31-25-27-36(2)26-20-21-30(36)29(31)23-24-33(37)38(4)35(32)40/h29-33H,5-28H2,1-4H3/t29-,30-,31-,32?,33?,36-,37+/m0/s1. The van der Waals surface area contributed by atoms with Gasteiger partial charge in [-0.05, 0) is 73.5 Å². The Bertz CT molecular complexity index is 827. The highest BCUT2D eigenvalue weighted by molar-refractivity contribution is 5.85. The number of fused-ring (bicyclic) bond motifs is 5. The molecule has 1 aliphatic heterocycles. The molecular formula is C37H65NO3. The van der Waals surface area contributed by atoms with Crippen LogP contribution < -0.4 is 0 Å². The monoisotopic (exact) mass is 571 g/mol. The van der Waals surface area contributed by atoms with Crippen molar-refractivity contribution in [2.45, 2.75) is 187 Å². The van der Waals surface area contributed by atoms with Crippen LogP contribution in [0.3, 0.4) is 0 Å². The number of esters is 1. The number of likely N-dealkylation sites (tertiary alicyclic amines) is 1. The minimum atomic E-state index is -0.583. The smallest absolute Gasteiger partial charge is 0.306 e. The van der Waals surface area contributed by atoms with E-state index in [-0.39, 0.29) is 17.3 Å². The molecule has 0 N–H and O–H groups in total. The zero-order chi connectivity index (χ0) is 29.3. The molecule has 0 spiro atoms. The molecule has 4 fully saturated rings. The quantitative estimate of drug-likeness (QED) is 0.129. The average Bonchev–Trinajstić information content (AvgIpc) is 3.35. The number of rotatable bonds is 17. The number of carbonyl (C=O) groups is 2. The van der Waals surface area contributed by atoms with Gasteiger partial charge in [-0.1, -0.05) is 117 Å². The van der Waals surface area contributed by atoms with E-state index < -0.39 is 6.10 Å². The van der Waals surface area contributed by atoms with Gasteiger partial charge in [-0.25, -0.2) is 0 Å². The Morgan fingerprint density at radius 2 is 1.37 bits per heavy atom. The number of ether oxygens (including phenoxy) is 1. The number of piperidine rings is 1. The molecule has 3 saturated carbocycles. The predicted octanol–water partition coefficient (Wildman–Crippen LogP) is 10.0. The molecule has 3 aliphatic carbocycles. The first-order chi connectivity index (χ1) is 19.8. The van der Waals surface area contributed by atoms with Gasteiger partial charge in [0, 0.05) is 25.9 Å². The van der Waals surface area contributed by atoms with Crippen LogP contribution in [0.4, 0.5) is 0 Å². The van der Waals surface area contributed by atoms with Gasteiger partial charge in [-0.2, -0.15) is 0 Å². The lowest BCUT2D eigenvalue weighted by Crippen LogP contribution is -2.64. The lowest BCUT2D eigenvalue weighted by molar-refractivity contribution is -0.185. The number of amides is 1. The van der Waals surface area contributed by atoms with Crippen molar-refractivity contribution in [2.24, 2.45) is 28.6 Å². The highest BCUT2D eigenvalue weighted by atomic mass is 16.5. The summed E-state index contributed by atoms with van der Waals surface area (Å²) in [6.07, 6.45) is 29.6. The van der Waals surface area contributed by atoms with E-state index in [1.807, 2.05) is 11.9 Å². The van der Waals surface area contributed by atoms with Crippen molar-refractivity contribution < 1.29 is 14.3 Å². The molecule has 1 amide bonds. The number of hydrogen-bond donors (Lipinski definition) is 0. The van der Waals surface area contributed by atoms with Crippen molar-refractivity contribution in [3.8, 4) is 0 Å². The fourth-order valence-corrected chi connectivity index (χ4v) is 10.2. The minimum Gasteiger partial charge on any atom is -0.452 e. The molecule has 4 nitrogen and oxygen atoms in total. The molecule has 4 aliphatic rings. The summed E-state index contributed by atoms with van der Waals surface area (Å²) in [6.45, 7) is 7.27. The Hall–Kier alpha value is -1.06. The second-order valence-electron chi connectivity index (χ2n) is 15.4. The molecule has 2 unspecified atom stereocenters. The molecule has 4 heteroatoms. The van der Waals surface area contributed by atoms with Gasteiger partial charge >= 0.3 is 5.97 Å². The lowest BCUT2D eigenvalue weighted by Gasteiger charge is -2.62. The van der Waals surface area contributed by atoms with Gasteiger partial charge in [-0.3, -0.25) is 9.59 Å². The molecule has 1 saturated heterocycles. The number of likely N-dealkylation sites (N-methyl/N-ethyl adjacent to an activating group) is 1. The molecule has 4 rings (SSSR count). The maximum atomic E-state index is 13.3. The molecular weight excluding hydrogens is 506 g/mol. The fourth-order valence-electron chi connectivity index (χ4n) is 10.2. The first-order valence-corrected chi connectivity index (χ1v) is 18.3. The van der Waals surface area contributed by atoms with Crippen molar-refractivity contribution in [3.63, 3.8) is 0 Å². The molecule has 41 heavy (non-hydrogen) atoms. The van der Waals surface area contributed by atoms with Crippen LogP contribution >= 0.6 is 0 Å². The van der Waals surface area contributed by atoms with Gasteiger partial charge in [0.2, 0.25) is 0 Å². The zero-order valence-corrected chi connectivity index (χ0v) is 27.5. The maximum Gasteiger partial charge on any atom is 0.306 e. The largest absolute Gasteiger partial charge is 0.452 e. The van der Waals surface area contributed by atoms with Crippen molar-refractivity contribution in [1.82, 2.24) is 4.90 Å². The highest BCUT2D eigenvalue weighted by Crippen LogP contribution is 2.64. The number of hydrogen-bond acceptors (Lipinski definition) is 3. The molecule has 0 aromatic rings. The average molecular weight is 572 g/mol. The molecule has 0 aromatic heterocycles. The van der Waals surface area contributed by atoms with E-state index in [1.165, 1.54) is 122 Å². The van der Waals surface area contributed by atoms with Gasteiger partial charge in [0.05, 0.1) is 0 Å². The maximum absolute atomic E-state index is 13.3. The summed E-state index contributed by atoms with van der Waals surface area (Å²) in [5, 5.41) is 0. The second kappa shape index (κ2) is 15.6. The van der Waals surface area contributed by atoms with Gasteiger partial charge in [-0.15, -0.1) is 0 Å². The van der Waals surface area contributed by atoms with E-state index in [2.05, 4.69) is 20.8 Å². The van der Waals surface area contributed by atoms with E-state index >= 15 is 0 Å². The summed E-state index contributed by atoms with van der Waals surface area (Å²) in [5.41, 5.74) is 0.606. The first-order valence-electron chi connectivity index (χ1n) is 18.3. The summed E-state index contributed by atoms with van der Waals surface area (Å²) >= 11 is 0. The van der Waals surface area contributed by atoms with Gasteiger partial charge in [0.1, 0.15) is 0 Å².